The Hall–Kier alpha value is -2.37. The predicted molar refractivity (Wildman–Crippen MR) is 247 cm³/mol. The lowest BCUT2D eigenvalue weighted by Gasteiger charge is -2.18. The van der Waals surface area contributed by atoms with Crippen molar-refractivity contribution in [2.45, 2.75) is 264 Å². The van der Waals surface area contributed by atoms with Crippen molar-refractivity contribution >= 4 is 17.9 Å². The summed E-state index contributed by atoms with van der Waals surface area (Å²) < 4.78 is 16.7. The second kappa shape index (κ2) is 47.3. The molecule has 0 rings (SSSR count). The smallest absolute Gasteiger partial charge is 0.306 e. The number of rotatable bonds is 45. The monoisotopic (exact) mass is 815 g/mol. The molecule has 58 heavy (non-hydrogen) atoms. The number of unbranched alkanes of at least 4 members (excludes halogenated alkanes) is 28. The Morgan fingerprint density at radius 3 is 1.00 bits per heavy atom. The van der Waals surface area contributed by atoms with Crippen LogP contribution in [0.5, 0.6) is 0 Å². The average molecular weight is 815 g/mol. The third kappa shape index (κ3) is 44.7. The Labute approximate surface area is 359 Å². The molecule has 0 N–H and O–H groups in total. The molecule has 338 valence electrons. The van der Waals surface area contributed by atoms with E-state index in [9.17, 15) is 14.4 Å². The van der Waals surface area contributed by atoms with Crippen LogP contribution in [-0.2, 0) is 28.6 Å². The van der Waals surface area contributed by atoms with Crippen LogP contribution in [0.2, 0.25) is 0 Å². The molecule has 0 aliphatic heterocycles. The molecule has 0 saturated carbocycles. The van der Waals surface area contributed by atoms with Crippen molar-refractivity contribution in [3.63, 3.8) is 0 Å². The fraction of sp³-hybridized carbons (Fsp3) is 0.827. The summed E-state index contributed by atoms with van der Waals surface area (Å²) in [4.78, 5) is 37.8. The molecule has 6 heteroatoms. The number of ether oxygens (including phenoxy) is 3. The molecular weight excluding hydrogens is 721 g/mol. The van der Waals surface area contributed by atoms with E-state index in [-0.39, 0.29) is 31.1 Å². The summed E-state index contributed by atoms with van der Waals surface area (Å²) in [6, 6.07) is 0. The van der Waals surface area contributed by atoms with Crippen LogP contribution in [-0.4, -0.2) is 37.2 Å². The molecule has 0 saturated heterocycles. The maximum atomic E-state index is 12.7. The van der Waals surface area contributed by atoms with Crippen molar-refractivity contribution in [2.75, 3.05) is 13.2 Å². The van der Waals surface area contributed by atoms with Crippen LogP contribution in [0.25, 0.3) is 0 Å². The maximum Gasteiger partial charge on any atom is 0.306 e. The van der Waals surface area contributed by atoms with Gasteiger partial charge in [-0.1, -0.05) is 198 Å². The summed E-state index contributed by atoms with van der Waals surface area (Å²) in [6.07, 6.45) is 54.1. The number of allylic oxidation sites excluding steroid dienone is 6. The third-order valence-corrected chi connectivity index (χ3v) is 10.9. The number of hydrogen-bond donors (Lipinski definition) is 0. The Bertz CT molecular complexity index is 984. The van der Waals surface area contributed by atoms with Crippen molar-refractivity contribution in [3.8, 4) is 0 Å². The van der Waals surface area contributed by atoms with Crippen LogP contribution in [0.3, 0.4) is 0 Å². The Morgan fingerprint density at radius 1 is 0.345 bits per heavy atom. The molecule has 0 aromatic rings. The highest BCUT2D eigenvalue weighted by atomic mass is 16.6. The highest BCUT2D eigenvalue weighted by molar-refractivity contribution is 5.71. The second-order valence-corrected chi connectivity index (χ2v) is 16.7. The summed E-state index contributed by atoms with van der Waals surface area (Å²) in [6.45, 7) is 6.58. The number of esters is 3. The van der Waals surface area contributed by atoms with Gasteiger partial charge in [-0.05, 0) is 77.0 Å². The summed E-state index contributed by atoms with van der Waals surface area (Å²) in [7, 11) is 0. The van der Waals surface area contributed by atoms with Gasteiger partial charge < -0.3 is 14.2 Å². The molecule has 0 bridgehead atoms. The number of hydrogen-bond acceptors (Lipinski definition) is 6. The van der Waals surface area contributed by atoms with E-state index >= 15 is 0 Å². The first-order valence-electron chi connectivity index (χ1n) is 25.0. The second-order valence-electron chi connectivity index (χ2n) is 16.7. The highest BCUT2D eigenvalue weighted by Gasteiger charge is 2.19. The van der Waals surface area contributed by atoms with Crippen LogP contribution in [0.4, 0.5) is 0 Å². The van der Waals surface area contributed by atoms with Crippen LogP contribution in [0, 0.1) is 0 Å². The van der Waals surface area contributed by atoms with Crippen LogP contribution in [0.1, 0.15) is 258 Å². The van der Waals surface area contributed by atoms with Crippen LogP contribution >= 0.6 is 0 Å². The average Bonchev–Trinajstić information content (AvgIpc) is 3.22. The molecule has 0 aliphatic carbocycles. The number of carbonyl (C=O) groups excluding carboxylic acids is 3. The van der Waals surface area contributed by atoms with Crippen molar-refractivity contribution in [3.05, 3.63) is 36.5 Å². The van der Waals surface area contributed by atoms with E-state index in [2.05, 4.69) is 57.2 Å². The van der Waals surface area contributed by atoms with Crippen LogP contribution in [0.15, 0.2) is 36.5 Å². The lowest BCUT2D eigenvalue weighted by molar-refractivity contribution is -0.167. The summed E-state index contributed by atoms with van der Waals surface area (Å²) in [5.41, 5.74) is 0. The fourth-order valence-corrected chi connectivity index (χ4v) is 7.05. The minimum atomic E-state index is -0.774. The Balaban J connectivity index is 4.33. The van der Waals surface area contributed by atoms with Crippen molar-refractivity contribution in [2.24, 2.45) is 0 Å². The standard InChI is InChI=1S/C52H94O6/c1-4-7-10-13-16-19-21-23-25-26-27-29-30-33-36-39-42-45-51(54)57-48-49(47-56-50(53)44-41-38-35-32-18-15-12-9-6-3)58-52(55)46-43-40-37-34-31-28-24-22-20-17-14-11-8-5-2/h16,19,22-25,49H,4-15,17-18,20-21,26-48H2,1-3H3/b19-16-,24-22-,25-23-/t49-/m1/s1. The SMILES string of the molecule is CCCCC/C=C\C/C=C\CCCCCCCCCC(=O)OC[C@@H](COC(=O)CCCCCCCCCCC)OC(=O)CCCCCCC/C=C\CCCCCCC. The van der Waals surface area contributed by atoms with Crippen molar-refractivity contribution < 1.29 is 28.6 Å². The Kier molecular flexibility index (Phi) is 45.4. The van der Waals surface area contributed by atoms with E-state index in [1.54, 1.807) is 0 Å². The van der Waals surface area contributed by atoms with E-state index in [4.69, 9.17) is 14.2 Å². The normalized spacial score (nSPS) is 12.3. The van der Waals surface area contributed by atoms with Gasteiger partial charge in [0.2, 0.25) is 0 Å². The fourth-order valence-electron chi connectivity index (χ4n) is 7.05. The topological polar surface area (TPSA) is 78.9 Å². The molecule has 0 aromatic carbocycles. The van der Waals surface area contributed by atoms with E-state index in [1.807, 2.05) is 0 Å². The molecule has 1 atom stereocenters. The molecule has 0 amide bonds. The van der Waals surface area contributed by atoms with E-state index in [1.165, 1.54) is 141 Å². The first kappa shape index (κ1) is 55.6. The predicted octanol–water partition coefficient (Wildman–Crippen LogP) is 16.1. The molecule has 0 heterocycles. The van der Waals surface area contributed by atoms with Gasteiger partial charge in [-0.25, -0.2) is 0 Å². The third-order valence-electron chi connectivity index (χ3n) is 10.9. The summed E-state index contributed by atoms with van der Waals surface area (Å²) >= 11 is 0. The molecule has 0 spiro atoms. The number of carbonyl (C=O) groups is 3. The molecule has 0 aromatic heterocycles. The zero-order chi connectivity index (χ0) is 42.3. The minimum absolute atomic E-state index is 0.0759. The maximum absolute atomic E-state index is 12.7. The van der Waals surface area contributed by atoms with E-state index < -0.39 is 6.10 Å². The minimum Gasteiger partial charge on any atom is -0.462 e. The highest BCUT2D eigenvalue weighted by Crippen LogP contribution is 2.14. The largest absolute Gasteiger partial charge is 0.462 e. The van der Waals surface area contributed by atoms with Gasteiger partial charge in [0.25, 0.3) is 0 Å². The van der Waals surface area contributed by atoms with E-state index in [0.717, 1.165) is 77.0 Å². The molecule has 0 unspecified atom stereocenters. The van der Waals surface area contributed by atoms with E-state index in [0.29, 0.717) is 19.3 Å². The molecule has 0 radical (unpaired) electrons. The lowest BCUT2D eigenvalue weighted by Crippen LogP contribution is -2.30. The van der Waals surface area contributed by atoms with Gasteiger partial charge in [-0.2, -0.15) is 0 Å². The zero-order valence-electron chi connectivity index (χ0n) is 38.6. The first-order valence-corrected chi connectivity index (χ1v) is 25.0. The first-order chi connectivity index (χ1) is 28.5. The summed E-state index contributed by atoms with van der Waals surface area (Å²) in [5.74, 6) is -0.889. The van der Waals surface area contributed by atoms with Gasteiger partial charge >= 0.3 is 17.9 Å². The van der Waals surface area contributed by atoms with Crippen molar-refractivity contribution in [1.29, 1.82) is 0 Å². The molecule has 0 fully saturated rings. The molecule has 0 aliphatic rings. The van der Waals surface area contributed by atoms with Gasteiger partial charge in [0.1, 0.15) is 13.2 Å². The molecular formula is C52H94O6. The van der Waals surface area contributed by atoms with Gasteiger partial charge in [0.05, 0.1) is 0 Å². The zero-order valence-corrected chi connectivity index (χ0v) is 38.6. The molecule has 6 nitrogen and oxygen atoms in total. The van der Waals surface area contributed by atoms with Crippen LogP contribution < -0.4 is 0 Å². The Morgan fingerprint density at radius 2 is 0.621 bits per heavy atom. The van der Waals surface area contributed by atoms with Gasteiger partial charge in [-0.3, -0.25) is 14.4 Å². The summed E-state index contributed by atoms with van der Waals surface area (Å²) in [5, 5.41) is 0. The van der Waals surface area contributed by atoms with Gasteiger partial charge in [0, 0.05) is 19.3 Å². The van der Waals surface area contributed by atoms with Gasteiger partial charge in [0.15, 0.2) is 6.10 Å². The lowest BCUT2D eigenvalue weighted by atomic mass is 10.1. The van der Waals surface area contributed by atoms with Gasteiger partial charge in [-0.15, -0.1) is 0 Å². The quantitative estimate of drug-likeness (QED) is 0.0264. The van der Waals surface area contributed by atoms with Crippen molar-refractivity contribution in [1.82, 2.24) is 0 Å².